The highest BCUT2D eigenvalue weighted by Crippen LogP contribution is 2.24. The van der Waals surface area contributed by atoms with E-state index in [1.807, 2.05) is 0 Å². The van der Waals surface area contributed by atoms with E-state index in [0.29, 0.717) is 17.1 Å². The van der Waals surface area contributed by atoms with Gasteiger partial charge in [0.2, 0.25) is 11.6 Å². The summed E-state index contributed by atoms with van der Waals surface area (Å²) in [6.07, 6.45) is -0.404. The number of hydrogen-bond acceptors (Lipinski definition) is 9. The lowest BCUT2D eigenvalue weighted by molar-refractivity contribution is -0.345. The number of hydrogen-bond donors (Lipinski definition) is 4. The molecule has 1 saturated heterocycles. The topological polar surface area (TPSA) is 162 Å². The molecule has 0 radical (unpaired) electrons. The summed E-state index contributed by atoms with van der Waals surface area (Å²) in [6, 6.07) is 4.66. The molecule has 0 saturated carbocycles. The number of carbonyl (C=O) groups is 3. The number of nitrogens with two attached hydrogens (primary N) is 1. The molecule has 1 aromatic carbocycles. The lowest BCUT2D eigenvalue weighted by Gasteiger charge is -2.17. The average molecular weight is 492 g/mol. The molecule has 13 heteroatoms. The van der Waals surface area contributed by atoms with Crippen LogP contribution < -0.4 is 21.5 Å². The number of carbonyl (C=O) groups excluding carboxylic acids is 3. The summed E-state index contributed by atoms with van der Waals surface area (Å²) in [7, 11) is 0. The molecular weight excluding hydrogens is 467 g/mol. The van der Waals surface area contributed by atoms with E-state index in [-0.39, 0.29) is 25.4 Å². The number of halogens is 1. The average Bonchev–Trinajstić information content (AvgIpc) is 3.48. The van der Waals surface area contributed by atoms with Crippen molar-refractivity contribution >= 4 is 46.7 Å². The number of thiazole rings is 1. The van der Waals surface area contributed by atoms with Gasteiger partial charge in [-0.2, -0.15) is 5.10 Å². The molecule has 11 nitrogen and oxygen atoms in total. The Hall–Kier alpha value is -3.71. The van der Waals surface area contributed by atoms with Crippen molar-refractivity contribution in [2.75, 3.05) is 13.2 Å². The third-order valence-electron chi connectivity index (χ3n) is 4.66. The lowest BCUT2D eigenvalue weighted by Crippen LogP contribution is -2.64. The first-order valence-electron chi connectivity index (χ1n) is 10.3. The van der Waals surface area contributed by atoms with Gasteiger partial charge in [-0.15, -0.1) is 11.3 Å². The van der Waals surface area contributed by atoms with Gasteiger partial charge >= 0.3 is 5.97 Å². The SMILES string of the molecule is CCOC(=O)[C@H]1O[C@@H]1C(=O)NC(Cc1cscn1)C(=O)NCC(C=[NH+]c1ccc(F)cc1)=NN. The Morgan fingerprint density at radius 2 is 2.12 bits per heavy atom. The molecule has 0 bridgehead atoms. The van der Waals surface area contributed by atoms with Crippen LogP contribution in [0.5, 0.6) is 0 Å². The zero-order chi connectivity index (χ0) is 24.5. The van der Waals surface area contributed by atoms with Crippen molar-refractivity contribution in [2.45, 2.75) is 31.6 Å². The van der Waals surface area contributed by atoms with Crippen molar-refractivity contribution in [3.05, 3.63) is 46.7 Å². The molecule has 180 valence electrons. The largest absolute Gasteiger partial charge is 0.464 e. The Labute approximate surface area is 198 Å². The molecule has 2 aromatic rings. The van der Waals surface area contributed by atoms with E-state index in [9.17, 15) is 18.8 Å². The Morgan fingerprint density at radius 1 is 1.35 bits per heavy atom. The molecule has 3 rings (SSSR count). The van der Waals surface area contributed by atoms with E-state index in [2.05, 4.69) is 25.7 Å². The van der Waals surface area contributed by atoms with Crippen molar-refractivity contribution in [3.8, 4) is 0 Å². The normalized spacial score (nSPS) is 18.4. The fourth-order valence-corrected chi connectivity index (χ4v) is 3.44. The van der Waals surface area contributed by atoms with Gasteiger partial charge < -0.3 is 25.9 Å². The minimum atomic E-state index is -1.01. The number of amides is 2. The third-order valence-corrected chi connectivity index (χ3v) is 5.29. The number of esters is 1. The van der Waals surface area contributed by atoms with Gasteiger partial charge in [0.25, 0.3) is 5.91 Å². The first kappa shape index (κ1) is 24.9. The highest BCUT2D eigenvalue weighted by atomic mass is 32.1. The van der Waals surface area contributed by atoms with Gasteiger partial charge in [0.05, 0.1) is 24.4 Å². The van der Waals surface area contributed by atoms with Crippen LogP contribution in [0.2, 0.25) is 0 Å². The molecule has 1 unspecified atom stereocenters. The van der Waals surface area contributed by atoms with Crippen molar-refractivity contribution in [3.63, 3.8) is 0 Å². The zero-order valence-corrected chi connectivity index (χ0v) is 19.0. The van der Waals surface area contributed by atoms with Gasteiger partial charge in [-0.05, 0) is 19.1 Å². The van der Waals surface area contributed by atoms with Crippen molar-refractivity contribution in [2.24, 2.45) is 10.9 Å². The van der Waals surface area contributed by atoms with Crippen LogP contribution in [0.1, 0.15) is 12.6 Å². The minimum absolute atomic E-state index is 0.0433. The van der Waals surface area contributed by atoms with Crippen molar-refractivity contribution < 1.29 is 33.2 Å². The van der Waals surface area contributed by atoms with Crippen molar-refractivity contribution in [1.29, 1.82) is 0 Å². The van der Waals surface area contributed by atoms with Gasteiger partial charge in [-0.1, -0.05) is 0 Å². The molecule has 3 atom stereocenters. The smallest absolute Gasteiger partial charge is 0.338 e. The summed E-state index contributed by atoms with van der Waals surface area (Å²) in [6.45, 7) is 1.77. The quantitative estimate of drug-likeness (QED) is 0.0983. The summed E-state index contributed by atoms with van der Waals surface area (Å²) in [5.74, 6) is 3.28. The van der Waals surface area contributed by atoms with Gasteiger partial charge in [-0.25, -0.2) is 19.2 Å². The Morgan fingerprint density at radius 3 is 2.76 bits per heavy atom. The maximum absolute atomic E-state index is 13.0. The van der Waals surface area contributed by atoms with Crippen LogP contribution in [-0.2, 0) is 30.3 Å². The Balaban J connectivity index is 1.59. The van der Waals surface area contributed by atoms with Crippen LogP contribution in [-0.4, -0.2) is 66.1 Å². The number of rotatable bonds is 11. The molecule has 1 fully saturated rings. The number of nitrogens with zero attached hydrogens (tertiary/aromatic N) is 2. The van der Waals surface area contributed by atoms with E-state index in [0.717, 1.165) is 0 Å². The Kier molecular flexibility index (Phi) is 8.76. The second kappa shape index (κ2) is 12.0. The molecule has 2 heterocycles. The number of nitrogens with one attached hydrogen (secondary N) is 3. The molecular formula is C21H24FN6O5S+. The maximum atomic E-state index is 13.0. The van der Waals surface area contributed by atoms with E-state index in [4.69, 9.17) is 15.3 Å². The predicted molar refractivity (Wildman–Crippen MR) is 121 cm³/mol. The van der Waals surface area contributed by atoms with Crippen molar-refractivity contribution in [1.82, 2.24) is 15.6 Å². The van der Waals surface area contributed by atoms with Crippen LogP contribution in [0.3, 0.4) is 0 Å². The number of aromatic nitrogens is 1. The third kappa shape index (κ3) is 7.15. The van der Waals surface area contributed by atoms with Crippen LogP contribution >= 0.6 is 11.3 Å². The number of ether oxygens (including phenoxy) is 2. The summed E-state index contributed by atoms with van der Waals surface area (Å²) >= 11 is 1.35. The molecule has 1 aromatic heterocycles. The van der Waals surface area contributed by atoms with E-state index >= 15 is 0 Å². The summed E-state index contributed by atoms with van der Waals surface area (Å²) < 4.78 is 23.0. The lowest BCUT2D eigenvalue weighted by atomic mass is 10.1. The molecule has 0 spiro atoms. The van der Waals surface area contributed by atoms with Crippen LogP contribution in [0.4, 0.5) is 10.1 Å². The minimum Gasteiger partial charge on any atom is -0.464 e. The molecule has 1 aliphatic rings. The van der Waals surface area contributed by atoms with Gasteiger partial charge in [-0.3, -0.25) is 9.59 Å². The highest BCUT2D eigenvalue weighted by Gasteiger charge is 2.52. The summed E-state index contributed by atoms with van der Waals surface area (Å²) in [5.41, 5.74) is 3.12. The number of epoxide rings is 1. The predicted octanol–water partition coefficient (Wildman–Crippen LogP) is -1.45. The summed E-state index contributed by atoms with van der Waals surface area (Å²) in [5, 5.41) is 10.6. The first-order valence-corrected chi connectivity index (χ1v) is 11.2. The molecule has 5 N–H and O–H groups in total. The highest BCUT2D eigenvalue weighted by molar-refractivity contribution is 7.07. The fraction of sp³-hybridized carbons (Fsp3) is 0.333. The molecule has 34 heavy (non-hydrogen) atoms. The van der Waals surface area contributed by atoms with Crippen LogP contribution in [0.15, 0.2) is 40.3 Å². The van der Waals surface area contributed by atoms with Gasteiger partial charge in [0, 0.05) is 23.9 Å². The van der Waals surface area contributed by atoms with Crippen LogP contribution in [0, 0.1) is 5.82 Å². The second-order valence-electron chi connectivity index (χ2n) is 7.11. The summed E-state index contributed by atoms with van der Waals surface area (Å²) in [4.78, 5) is 44.1. The standard InChI is InChI=1S/C21H23FN6O5S/c1-2-32-21(31)18-17(33-18)20(30)27-16(7-14-10-34-11-26-14)19(29)25-9-15(28-23)8-24-13-5-3-12(22)4-6-13/h3-6,8,10-11,16-18H,2,7,9,23H2,1H3,(H,25,29)(H,27,30)/p+1/t16?,17-,18-/m0/s1. The zero-order valence-electron chi connectivity index (χ0n) is 18.2. The first-order chi connectivity index (χ1) is 16.4. The maximum Gasteiger partial charge on any atom is 0.338 e. The molecule has 1 aliphatic heterocycles. The molecule has 0 aliphatic carbocycles. The number of benzene rings is 1. The van der Waals surface area contributed by atoms with E-state index in [1.54, 1.807) is 17.8 Å². The number of hydrazone groups is 1. The molecule has 2 amide bonds. The monoisotopic (exact) mass is 491 g/mol. The van der Waals surface area contributed by atoms with Gasteiger partial charge in [0.15, 0.2) is 18.4 Å². The van der Waals surface area contributed by atoms with E-state index in [1.165, 1.54) is 41.8 Å². The van der Waals surface area contributed by atoms with E-state index < -0.39 is 36.0 Å². The van der Waals surface area contributed by atoms with Gasteiger partial charge in [0.1, 0.15) is 17.6 Å². The Bertz CT molecular complexity index is 1060. The fourth-order valence-electron chi connectivity index (χ4n) is 2.87. The van der Waals surface area contributed by atoms with Crippen LogP contribution in [0.25, 0.3) is 0 Å². The second-order valence-corrected chi connectivity index (χ2v) is 7.83.